The fourth-order valence-corrected chi connectivity index (χ4v) is 5.65. The Morgan fingerprint density at radius 2 is 1.28 bits per heavy atom. The van der Waals surface area contributed by atoms with E-state index in [1.54, 1.807) is 21.3 Å². The molecule has 0 radical (unpaired) electrons. The molecular formula is C37H32O6. The van der Waals surface area contributed by atoms with Crippen LogP contribution in [0.1, 0.15) is 27.0 Å². The molecule has 0 fully saturated rings. The average molecular weight is 573 g/mol. The molecule has 0 amide bonds. The first-order valence-electron chi connectivity index (χ1n) is 14.1. The number of rotatable bonds is 9. The number of carbonyl (C=O) groups is 1. The van der Waals surface area contributed by atoms with Crippen LogP contribution >= 0.6 is 0 Å². The third kappa shape index (κ3) is 5.11. The van der Waals surface area contributed by atoms with Crippen LogP contribution in [0.3, 0.4) is 0 Å². The van der Waals surface area contributed by atoms with Crippen molar-refractivity contribution in [2.24, 2.45) is 0 Å². The van der Waals surface area contributed by atoms with Gasteiger partial charge in [0.2, 0.25) is 0 Å². The van der Waals surface area contributed by atoms with Gasteiger partial charge in [-0.15, -0.1) is 0 Å². The summed E-state index contributed by atoms with van der Waals surface area (Å²) >= 11 is 0. The van der Waals surface area contributed by atoms with Crippen LogP contribution in [-0.4, -0.2) is 40.5 Å². The molecule has 0 aromatic heterocycles. The fourth-order valence-electron chi connectivity index (χ4n) is 5.65. The van der Waals surface area contributed by atoms with Gasteiger partial charge in [0.1, 0.15) is 23.9 Å². The molecule has 0 bridgehead atoms. The lowest BCUT2D eigenvalue weighted by atomic mass is 9.81. The van der Waals surface area contributed by atoms with Crippen LogP contribution in [0.2, 0.25) is 0 Å². The van der Waals surface area contributed by atoms with E-state index in [0.717, 1.165) is 44.5 Å². The van der Waals surface area contributed by atoms with E-state index in [1.807, 2.05) is 115 Å². The van der Waals surface area contributed by atoms with Gasteiger partial charge in [-0.05, 0) is 47.4 Å². The first kappa shape index (κ1) is 28.1. The van der Waals surface area contributed by atoms with Crippen LogP contribution in [-0.2, 0) is 15.1 Å². The standard InChI is InChI=1S/C37H32O6/c1-39-23-24-42-36(38)34-32-21-22-37(26-13-17-28(40-2)18-14-26,27-15-19-29(41-3)20-16-27)43-35(32)31-12-8-7-11-30(31)33(34)25-9-5-4-6-10-25/h4-22H,23-24H2,1-3H3. The Balaban J connectivity index is 1.63. The Labute approximate surface area is 251 Å². The molecule has 6 heteroatoms. The predicted molar refractivity (Wildman–Crippen MR) is 168 cm³/mol. The summed E-state index contributed by atoms with van der Waals surface area (Å²) in [5, 5.41) is 1.78. The smallest absolute Gasteiger partial charge is 0.339 e. The molecule has 0 atom stereocenters. The van der Waals surface area contributed by atoms with Crippen molar-refractivity contribution in [2.45, 2.75) is 5.60 Å². The lowest BCUT2D eigenvalue weighted by Crippen LogP contribution is -2.35. The molecule has 5 aromatic carbocycles. The van der Waals surface area contributed by atoms with Gasteiger partial charge < -0.3 is 23.7 Å². The second kappa shape index (κ2) is 12.0. The second-order valence-corrected chi connectivity index (χ2v) is 10.2. The summed E-state index contributed by atoms with van der Waals surface area (Å²) in [5.41, 5.74) is 3.63. The van der Waals surface area contributed by atoms with Crippen molar-refractivity contribution < 1.29 is 28.5 Å². The summed E-state index contributed by atoms with van der Waals surface area (Å²) in [5.74, 6) is 1.65. The molecule has 43 heavy (non-hydrogen) atoms. The van der Waals surface area contributed by atoms with Gasteiger partial charge in [0.25, 0.3) is 0 Å². The molecule has 1 aliphatic heterocycles. The molecule has 1 heterocycles. The minimum Gasteiger partial charge on any atom is -0.497 e. The predicted octanol–water partition coefficient (Wildman–Crippen LogP) is 7.68. The summed E-state index contributed by atoms with van der Waals surface area (Å²) in [6.07, 6.45) is 3.99. The zero-order valence-electron chi connectivity index (χ0n) is 24.3. The quantitative estimate of drug-likeness (QED) is 0.133. The SMILES string of the molecule is COCCOC(=O)c1c2c(c3ccccc3c1-c1ccccc1)OC(c1ccc(OC)cc1)(c1ccc(OC)cc1)C=C2. The molecule has 0 aliphatic carbocycles. The third-order valence-electron chi connectivity index (χ3n) is 7.78. The van der Waals surface area contributed by atoms with E-state index < -0.39 is 11.6 Å². The lowest BCUT2D eigenvalue weighted by Gasteiger charge is -2.37. The van der Waals surface area contributed by atoms with Gasteiger partial charge in [0.15, 0.2) is 5.60 Å². The molecule has 0 unspecified atom stereocenters. The van der Waals surface area contributed by atoms with E-state index in [2.05, 4.69) is 0 Å². The van der Waals surface area contributed by atoms with Crippen LogP contribution in [0.4, 0.5) is 0 Å². The minimum absolute atomic E-state index is 0.136. The van der Waals surface area contributed by atoms with E-state index >= 15 is 0 Å². The molecule has 5 aromatic rings. The first-order valence-corrected chi connectivity index (χ1v) is 14.1. The van der Waals surface area contributed by atoms with E-state index in [9.17, 15) is 4.79 Å². The molecule has 0 N–H and O–H groups in total. The highest BCUT2D eigenvalue weighted by Crippen LogP contribution is 2.49. The highest BCUT2D eigenvalue weighted by atomic mass is 16.6. The Morgan fingerprint density at radius 1 is 0.698 bits per heavy atom. The van der Waals surface area contributed by atoms with Crippen molar-refractivity contribution in [2.75, 3.05) is 34.5 Å². The topological polar surface area (TPSA) is 63.2 Å². The summed E-state index contributed by atoms with van der Waals surface area (Å²) in [7, 11) is 4.87. The normalized spacial score (nSPS) is 13.2. The van der Waals surface area contributed by atoms with Crippen LogP contribution in [0.25, 0.3) is 28.0 Å². The minimum atomic E-state index is -1.00. The maximum absolute atomic E-state index is 13.9. The summed E-state index contributed by atoms with van der Waals surface area (Å²) in [4.78, 5) is 13.9. The molecule has 216 valence electrons. The largest absolute Gasteiger partial charge is 0.497 e. The monoisotopic (exact) mass is 572 g/mol. The van der Waals surface area contributed by atoms with Gasteiger partial charge in [-0.3, -0.25) is 0 Å². The Bertz CT molecular complexity index is 1730. The number of methoxy groups -OCH3 is 3. The van der Waals surface area contributed by atoms with Crippen LogP contribution in [0.5, 0.6) is 17.2 Å². The number of hydrogen-bond acceptors (Lipinski definition) is 6. The molecule has 6 rings (SSSR count). The van der Waals surface area contributed by atoms with Gasteiger partial charge in [0.05, 0.1) is 26.4 Å². The van der Waals surface area contributed by atoms with Crippen LogP contribution in [0, 0.1) is 0 Å². The third-order valence-corrected chi connectivity index (χ3v) is 7.78. The number of hydrogen-bond donors (Lipinski definition) is 0. The van der Waals surface area contributed by atoms with Crippen molar-refractivity contribution in [1.29, 1.82) is 0 Å². The fraction of sp³-hybridized carbons (Fsp3) is 0.162. The van der Waals surface area contributed by atoms with Crippen molar-refractivity contribution in [3.8, 4) is 28.4 Å². The summed E-state index contributed by atoms with van der Waals surface area (Å²) in [6, 6.07) is 33.6. The van der Waals surface area contributed by atoms with Crippen molar-refractivity contribution in [3.63, 3.8) is 0 Å². The number of ether oxygens (including phenoxy) is 5. The van der Waals surface area contributed by atoms with Crippen molar-refractivity contribution in [1.82, 2.24) is 0 Å². The molecule has 1 aliphatic rings. The number of esters is 1. The van der Waals surface area contributed by atoms with Crippen LogP contribution < -0.4 is 14.2 Å². The van der Waals surface area contributed by atoms with Gasteiger partial charge in [-0.2, -0.15) is 0 Å². The van der Waals surface area contributed by atoms with E-state index in [4.69, 9.17) is 23.7 Å². The summed E-state index contributed by atoms with van der Waals surface area (Å²) in [6.45, 7) is 0.434. The Hall–Kier alpha value is -5.07. The zero-order chi connectivity index (χ0) is 29.8. The van der Waals surface area contributed by atoms with E-state index in [0.29, 0.717) is 23.5 Å². The molecule has 0 saturated carbocycles. The number of benzene rings is 5. The molecule has 0 spiro atoms. The summed E-state index contributed by atoms with van der Waals surface area (Å²) < 4.78 is 28.9. The first-order chi connectivity index (χ1) is 21.1. The Kier molecular flexibility index (Phi) is 7.86. The van der Waals surface area contributed by atoms with Gasteiger partial charge in [-0.1, -0.05) is 78.9 Å². The maximum atomic E-state index is 13.9. The molecule has 6 nitrogen and oxygen atoms in total. The number of fused-ring (bicyclic) bond motifs is 3. The Morgan fingerprint density at radius 3 is 1.86 bits per heavy atom. The highest BCUT2D eigenvalue weighted by molar-refractivity contribution is 6.14. The van der Waals surface area contributed by atoms with Crippen LogP contribution in [0.15, 0.2) is 109 Å². The average Bonchev–Trinajstić information content (AvgIpc) is 3.08. The van der Waals surface area contributed by atoms with E-state index in [1.165, 1.54) is 0 Å². The van der Waals surface area contributed by atoms with Gasteiger partial charge >= 0.3 is 5.97 Å². The molecule has 0 saturated heterocycles. The zero-order valence-corrected chi connectivity index (χ0v) is 24.3. The highest BCUT2D eigenvalue weighted by Gasteiger charge is 2.40. The van der Waals surface area contributed by atoms with Crippen molar-refractivity contribution >= 4 is 22.8 Å². The van der Waals surface area contributed by atoms with Crippen molar-refractivity contribution in [3.05, 3.63) is 131 Å². The maximum Gasteiger partial charge on any atom is 0.339 e. The molecular weight excluding hydrogens is 540 g/mol. The lowest BCUT2D eigenvalue weighted by molar-refractivity contribution is 0.0387. The van der Waals surface area contributed by atoms with Gasteiger partial charge in [0, 0.05) is 34.7 Å². The van der Waals surface area contributed by atoms with Gasteiger partial charge in [-0.25, -0.2) is 4.79 Å². The van der Waals surface area contributed by atoms with E-state index in [-0.39, 0.29) is 6.61 Å². The second-order valence-electron chi connectivity index (χ2n) is 10.2. The number of carbonyl (C=O) groups excluding carboxylic acids is 1.